The number of rotatable bonds is 4. The minimum Gasteiger partial charge on any atom is -0.378 e. The Kier molecular flexibility index (Phi) is 5.74. The van der Waals surface area contributed by atoms with Crippen LogP contribution < -0.4 is 16.0 Å². The van der Waals surface area contributed by atoms with E-state index in [1.807, 2.05) is 18.5 Å². The van der Waals surface area contributed by atoms with Crippen molar-refractivity contribution < 1.29 is 0 Å². The maximum atomic E-state index is 4.50. The largest absolute Gasteiger partial charge is 0.378 e. The van der Waals surface area contributed by atoms with E-state index in [1.54, 1.807) is 12.4 Å². The van der Waals surface area contributed by atoms with Crippen molar-refractivity contribution in [2.45, 2.75) is 19.4 Å². The van der Waals surface area contributed by atoms with E-state index in [9.17, 15) is 0 Å². The summed E-state index contributed by atoms with van der Waals surface area (Å²) in [5.74, 6) is 0. The predicted molar refractivity (Wildman–Crippen MR) is 103 cm³/mol. The van der Waals surface area contributed by atoms with Crippen molar-refractivity contribution in [2.75, 3.05) is 30.4 Å². The Morgan fingerprint density at radius 1 is 1.00 bits per heavy atom. The van der Waals surface area contributed by atoms with Gasteiger partial charge in [-0.15, -0.1) is 0 Å². The average Bonchev–Trinajstić information content (AvgIpc) is 3.23. The Morgan fingerprint density at radius 2 is 1.76 bits per heavy atom. The van der Waals surface area contributed by atoms with Crippen LogP contribution in [0.25, 0.3) is 11.0 Å². The van der Waals surface area contributed by atoms with Gasteiger partial charge in [-0.1, -0.05) is 6.07 Å². The monoisotopic (exact) mass is 336 g/mol. The highest BCUT2D eigenvalue weighted by Gasteiger charge is 2.15. The van der Waals surface area contributed by atoms with Gasteiger partial charge in [-0.2, -0.15) is 0 Å². The SMILES string of the molecule is CN.c1cc(N2CCCC2)c(NCc2ccc3nccnc3c2)cn1. The molecule has 130 valence electrons. The Balaban J connectivity index is 0.000000880. The summed E-state index contributed by atoms with van der Waals surface area (Å²) >= 11 is 0. The number of hydrogen-bond acceptors (Lipinski definition) is 6. The molecule has 1 aliphatic heterocycles. The molecule has 0 saturated carbocycles. The Morgan fingerprint density at radius 3 is 2.56 bits per heavy atom. The molecule has 1 fully saturated rings. The van der Waals surface area contributed by atoms with Crippen LogP contribution in [0.15, 0.2) is 49.1 Å². The van der Waals surface area contributed by atoms with Crippen LogP contribution in [0.5, 0.6) is 0 Å². The number of benzene rings is 1. The second-order valence-electron chi connectivity index (χ2n) is 5.82. The first kappa shape index (κ1) is 17.1. The first-order chi connectivity index (χ1) is 12.4. The zero-order valence-corrected chi connectivity index (χ0v) is 14.5. The second kappa shape index (κ2) is 8.39. The van der Waals surface area contributed by atoms with Gasteiger partial charge >= 0.3 is 0 Å². The molecule has 0 spiro atoms. The highest BCUT2D eigenvalue weighted by molar-refractivity contribution is 5.75. The third-order valence-corrected chi connectivity index (χ3v) is 4.26. The van der Waals surface area contributed by atoms with E-state index in [1.165, 1.54) is 31.1 Å². The summed E-state index contributed by atoms with van der Waals surface area (Å²) < 4.78 is 0. The van der Waals surface area contributed by atoms with Gasteiger partial charge in [-0.25, -0.2) is 0 Å². The van der Waals surface area contributed by atoms with E-state index in [-0.39, 0.29) is 0 Å². The van der Waals surface area contributed by atoms with Gasteiger partial charge in [0.15, 0.2) is 0 Å². The standard InChI is InChI=1S/C18H19N5.CH5N/c1-2-10-23(9-1)18-5-6-19-13-17(18)22-12-14-3-4-15-16(11-14)21-8-7-20-15;1-2/h3-8,11,13,22H,1-2,9-10,12H2;2H2,1H3. The molecule has 0 amide bonds. The molecule has 1 saturated heterocycles. The first-order valence-corrected chi connectivity index (χ1v) is 8.60. The first-order valence-electron chi connectivity index (χ1n) is 8.60. The molecule has 1 aromatic carbocycles. The summed E-state index contributed by atoms with van der Waals surface area (Å²) in [5.41, 5.74) is 9.88. The highest BCUT2D eigenvalue weighted by Crippen LogP contribution is 2.28. The van der Waals surface area contributed by atoms with Crippen molar-refractivity contribution in [3.05, 3.63) is 54.6 Å². The fourth-order valence-electron chi connectivity index (χ4n) is 3.07. The molecule has 0 radical (unpaired) electrons. The van der Waals surface area contributed by atoms with Crippen molar-refractivity contribution in [2.24, 2.45) is 5.73 Å². The normalized spacial score (nSPS) is 13.4. The van der Waals surface area contributed by atoms with E-state index in [4.69, 9.17) is 0 Å². The van der Waals surface area contributed by atoms with Crippen LogP contribution >= 0.6 is 0 Å². The molecule has 0 unspecified atom stereocenters. The van der Waals surface area contributed by atoms with Gasteiger partial charge in [0.2, 0.25) is 0 Å². The van der Waals surface area contributed by atoms with Crippen LogP contribution in [0.3, 0.4) is 0 Å². The summed E-state index contributed by atoms with van der Waals surface area (Å²) in [7, 11) is 1.50. The molecule has 3 N–H and O–H groups in total. The summed E-state index contributed by atoms with van der Waals surface area (Å²) in [4.78, 5) is 15.4. The van der Waals surface area contributed by atoms with Crippen molar-refractivity contribution in [3.63, 3.8) is 0 Å². The van der Waals surface area contributed by atoms with E-state index in [0.29, 0.717) is 0 Å². The number of pyridine rings is 1. The number of nitrogens with zero attached hydrogens (tertiary/aromatic N) is 4. The lowest BCUT2D eigenvalue weighted by Crippen LogP contribution is -2.19. The van der Waals surface area contributed by atoms with Gasteiger partial charge in [0.25, 0.3) is 0 Å². The molecule has 0 atom stereocenters. The molecular formula is C19H24N6. The number of hydrogen-bond donors (Lipinski definition) is 2. The molecular weight excluding hydrogens is 312 g/mol. The van der Waals surface area contributed by atoms with Gasteiger partial charge in [-0.3, -0.25) is 15.0 Å². The lowest BCUT2D eigenvalue weighted by atomic mass is 10.2. The number of nitrogens with one attached hydrogen (secondary N) is 1. The van der Waals surface area contributed by atoms with E-state index in [0.717, 1.165) is 36.4 Å². The third-order valence-electron chi connectivity index (χ3n) is 4.26. The maximum Gasteiger partial charge on any atom is 0.0890 e. The molecule has 3 heterocycles. The minimum absolute atomic E-state index is 0.749. The van der Waals surface area contributed by atoms with Crippen LogP contribution in [0.1, 0.15) is 18.4 Å². The topological polar surface area (TPSA) is 80.0 Å². The van der Waals surface area contributed by atoms with Gasteiger partial charge in [0.1, 0.15) is 0 Å². The number of anilines is 2. The van der Waals surface area contributed by atoms with Crippen LogP contribution in [0.4, 0.5) is 11.4 Å². The summed E-state index contributed by atoms with van der Waals surface area (Å²) in [6, 6.07) is 8.29. The highest BCUT2D eigenvalue weighted by atomic mass is 15.2. The molecule has 0 aliphatic carbocycles. The second-order valence-corrected chi connectivity index (χ2v) is 5.82. The third kappa shape index (κ3) is 4.03. The van der Waals surface area contributed by atoms with E-state index >= 15 is 0 Å². The van der Waals surface area contributed by atoms with Gasteiger partial charge < -0.3 is 16.0 Å². The van der Waals surface area contributed by atoms with E-state index in [2.05, 4.69) is 49.1 Å². The Bertz CT molecular complexity index is 814. The molecule has 6 nitrogen and oxygen atoms in total. The molecule has 6 heteroatoms. The summed E-state index contributed by atoms with van der Waals surface area (Å²) in [5, 5.41) is 3.52. The molecule has 3 aromatic rings. The Hall–Kier alpha value is -2.73. The van der Waals surface area contributed by atoms with Crippen LogP contribution in [-0.4, -0.2) is 35.1 Å². The number of aromatic nitrogens is 3. The lowest BCUT2D eigenvalue weighted by molar-refractivity contribution is 0.949. The zero-order valence-electron chi connectivity index (χ0n) is 14.5. The van der Waals surface area contributed by atoms with Gasteiger partial charge in [0.05, 0.1) is 28.6 Å². The zero-order chi connectivity index (χ0) is 17.5. The fraction of sp³-hybridized carbons (Fsp3) is 0.316. The van der Waals surface area contributed by atoms with Crippen molar-refractivity contribution in [1.82, 2.24) is 15.0 Å². The Labute approximate surface area is 148 Å². The van der Waals surface area contributed by atoms with Gasteiger partial charge in [-0.05, 0) is 43.7 Å². The van der Waals surface area contributed by atoms with Gasteiger partial charge in [0, 0.05) is 38.2 Å². The smallest absolute Gasteiger partial charge is 0.0890 e. The molecule has 2 aromatic heterocycles. The molecule has 1 aliphatic rings. The molecule has 0 bridgehead atoms. The van der Waals surface area contributed by atoms with Crippen LogP contribution in [0, 0.1) is 0 Å². The van der Waals surface area contributed by atoms with Crippen LogP contribution in [0.2, 0.25) is 0 Å². The van der Waals surface area contributed by atoms with Crippen molar-refractivity contribution in [3.8, 4) is 0 Å². The molecule has 4 rings (SSSR count). The fourth-order valence-corrected chi connectivity index (χ4v) is 3.07. The lowest BCUT2D eigenvalue weighted by Gasteiger charge is -2.21. The average molecular weight is 336 g/mol. The summed E-state index contributed by atoms with van der Waals surface area (Å²) in [6.45, 7) is 3.01. The van der Waals surface area contributed by atoms with Crippen LogP contribution in [-0.2, 0) is 6.54 Å². The number of fused-ring (bicyclic) bond motifs is 1. The maximum absolute atomic E-state index is 4.50. The predicted octanol–water partition coefficient (Wildman–Crippen LogP) is 2.81. The summed E-state index contributed by atoms with van der Waals surface area (Å²) in [6.07, 6.45) is 9.76. The van der Waals surface area contributed by atoms with E-state index < -0.39 is 0 Å². The molecule has 25 heavy (non-hydrogen) atoms. The van der Waals surface area contributed by atoms with Crippen molar-refractivity contribution in [1.29, 1.82) is 0 Å². The van der Waals surface area contributed by atoms with Crippen molar-refractivity contribution >= 4 is 22.4 Å². The minimum atomic E-state index is 0.749. The number of nitrogens with two attached hydrogens (primary N) is 1. The quantitative estimate of drug-likeness (QED) is 0.762.